The van der Waals surface area contributed by atoms with Crippen LogP contribution in [0, 0.1) is 0 Å². The SMILES string of the molecule is [2H]Oc1ccc(O[2H])s1. The van der Waals surface area contributed by atoms with Gasteiger partial charge in [-0.05, 0) is 12.1 Å². The Bertz CT molecular complexity index is 170. The van der Waals surface area contributed by atoms with Crippen molar-refractivity contribution in [2.45, 2.75) is 0 Å². The molecule has 0 atom stereocenters. The van der Waals surface area contributed by atoms with E-state index in [4.69, 9.17) is 2.86 Å². The van der Waals surface area contributed by atoms with E-state index in [1.807, 2.05) is 0 Å². The number of hydrogen-bond donors (Lipinski definition) is 2. The summed E-state index contributed by atoms with van der Waals surface area (Å²) < 4.78 is 12.9. The molecule has 1 rings (SSSR count). The summed E-state index contributed by atoms with van der Waals surface area (Å²) in [6.07, 6.45) is 0. The van der Waals surface area contributed by atoms with Crippen LogP contribution >= 0.6 is 11.3 Å². The van der Waals surface area contributed by atoms with Gasteiger partial charge in [0.2, 0.25) is 0 Å². The third kappa shape index (κ3) is 0.838. The topological polar surface area (TPSA) is 40.5 Å². The van der Waals surface area contributed by atoms with Crippen LogP contribution in [0.2, 0.25) is 0 Å². The van der Waals surface area contributed by atoms with Gasteiger partial charge in [-0.3, -0.25) is 0 Å². The summed E-state index contributed by atoms with van der Waals surface area (Å²) in [5, 5.41) is 9.06. The molecule has 0 fully saturated rings. The Balaban J connectivity index is 2.74. The largest absolute Gasteiger partial charge is 0.499 e. The number of hydrogen-bond acceptors (Lipinski definition) is 3. The van der Waals surface area contributed by atoms with Gasteiger partial charge in [-0.1, -0.05) is 11.3 Å². The van der Waals surface area contributed by atoms with Crippen molar-refractivity contribution in [3.8, 4) is 10.1 Å². The highest BCUT2D eigenvalue weighted by atomic mass is 32.1. The number of rotatable bonds is 2. The smallest absolute Gasteiger partial charge is 0.294 e. The molecule has 0 bridgehead atoms. The van der Waals surface area contributed by atoms with Gasteiger partial charge in [-0.15, -0.1) is 0 Å². The Kier molecular flexibility index (Phi) is 0.522. The zero-order chi connectivity index (χ0) is 6.69. The van der Waals surface area contributed by atoms with Gasteiger partial charge in [0.05, 0.1) is 0 Å². The minimum Gasteiger partial charge on any atom is -0.499 e. The lowest BCUT2D eigenvalue weighted by molar-refractivity contribution is 0.488. The van der Waals surface area contributed by atoms with Crippen LogP contribution in [-0.4, -0.2) is 13.1 Å². The molecule has 0 aliphatic carbocycles. The lowest BCUT2D eigenvalue weighted by atomic mass is 10.6. The molecule has 0 spiro atoms. The molecule has 0 aliphatic heterocycles. The lowest BCUT2D eigenvalue weighted by Gasteiger charge is -1.72. The lowest BCUT2D eigenvalue weighted by Crippen LogP contribution is -1.35. The fourth-order valence-corrected chi connectivity index (χ4v) is 0.774. The Morgan fingerprint density at radius 3 is 2.29 bits per heavy atom. The van der Waals surface area contributed by atoms with Crippen LogP contribution in [0.4, 0.5) is 0 Å². The molecule has 0 radical (unpaired) electrons. The van der Waals surface area contributed by atoms with Crippen molar-refractivity contribution in [1.82, 2.24) is 0 Å². The molecule has 0 aromatic carbocycles. The molecule has 2 N–H and O–H groups in total. The summed E-state index contributed by atoms with van der Waals surface area (Å²) in [4.78, 5) is 0. The van der Waals surface area contributed by atoms with Gasteiger partial charge in [0.15, 0.2) is 10.1 Å². The maximum Gasteiger partial charge on any atom is 0.294 e. The van der Waals surface area contributed by atoms with E-state index in [0.29, 0.717) is 10.1 Å². The number of aromatic hydroxyl groups is 2. The van der Waals surface area contributed by atoms with E-state index in [9.17, 15) is 0 Å². The van der Waals surface area contributed by atoms with Gasteiger partial charge in [-0.2, -0.15) is 0 Å². The summed E-state index contributed by atoms with van der Waals surface area (Å²) in [6, 6.07) is 3.14. The van der Waals surface area contributed by atoms with Crippen molar-refractivity contribution in [2.75, 3.05) is 0 Å². The average Bonchev–Trinajstić information content (AvgIpc) is 2.34. The van der Waals surface area contributed by atoms with Gasteiger partial charge >= 0.3 is 0 Å². The third-order valence-electron chi connectivity index (χ3n) is 0.557. The molecule has 1 heterocycles. The van der Waals surface area contributed by atoms with E-state index < -0.39 is 0 Å². The zero-order valence-corrected chi connectivity index (χ0v) is 4.20. The quantitative estimate of drug-likeness (QED) is 0.611. The zero-order valence-electron chi connectivity index (χ0n) is 5.38. The Hall–Kier alpha value is -0.700. The molecule has 1 aromatic rings. The molecule has 0 unspecified atom stereocenters. The van der Waals surface area contributed by atoms with E-state index in [-0.39, 0.29) is 0 Å². The second-order valence-electron chi connectivity index (χ2n) is 1.07. The highest BCUT2D eigenvalue weighted by Gasteiger charge is 1.89. The molecule has 3 heteroatoms. The van der Waals surface area contributed by atoms with Crippen LogP contribution in [0.25, 0.3) is 0 Å². The van der Waals surface area contributed by atoms with Crippen LogP contribution in [0.5, 0.6) is 10.1 Å². The van der Waals surface area contributed by atoms with Crippen molar-refractivity contribution >= 4 is 11.3 Å². The normalized spacial score (nSPS) is 12.0. The van der Waals surface area contributed by atoms with Gasteiger partial charge < -0.3 is 10.2 Å². The monoisotopic (exact) mass is 118 g/mol. The van der Waals surface area contributed by atoms with Gasteiger partial charge in [-0.25, -0.2) is 0 Å². The summed E-state index contributed by atoms with van der Waals surface area (Å²) in [5.41, 5.74) is 0. The summed E-state index contributed by atoms with van der Waals surface area (Å²) in [5.74, 6) is 0. The van der Waals surface area contributed by atoms with E-state index in [2.05, 4.69) is 10.2 Å². The maximum absolute atomic E-state index is 6.43. The first-order valence-electron chi connectivity index (χ1n) is 2.54. The van der Waals surface area contributed by atoms with Crippen molar-refractivity contribution in [2.24, 2.45) is 0 Å². The molecule has 0 aliphatic rings. The third-order valence-corrected chi connectivity index (χ3v) is 1.23. The first-order chi connectivity index (χ1) is 4.36. The highest BCUT2D eigenvalue weighted by molar-refractivity contribution is 7.15. The molecule has 0 saturated carbocycles. The summed E-state index contributed by atoms with van der Waals surface area (Å²) in [7, 11) is 0. The second kappa shape index (κ2) is 1.42. The van der Waals surface area contributed by atoms with Gasteiger partial charge in [0.25, 0.3) is 2.86 Å². The van der Waals surface area contributed by atoms with Crippen molar-refractivity contribution in [1.29, 1.82) is 2.86 Å². The fraction of sp³-hybridized carbons (Fsp3) is 0. The van der Waals surface area contributed by atoms with Crippen LogP contribution in [0.15, 0.2) is 12.1 Å². The summed E-state index contributed by atoms with van der Waals surface area (Å²) >= 11 is 1.11. The minimum absolute atomic E-state index is 0.428. The van der Waals surface area contributed by atoms with Crippen molar-refractivity contribution in [3.63, 3.8) is 0 Å². The van der Waals surface area contributed by atoms with Crippen LogP contribution in [-0.2, 0) is 0 Å². The van der Waals surface area contributed by atoms with Crippen LogP contribution < -0.4 is 0 Å². The maximum atomic E-state index is 6.43. The van der Waals surface area contributed by atoms with Crippen molar-refractivity contribution in [3.05, 3.63) is 12.1 Å². The predicted octanol–water partition coefficient (Wildman–Crippen LogP) is 1.16. The molecule has 2 nitrogen and oxygen atoms in total. The average molecular weight is 118 g/mol. The molecule has 0 saturated heterocycles. The Morgan fingerprint density at radius 2 is 2.00 bits per heavy atom. The van der Waals surface area contributed by atoms with Crippen molar-refractivity contribution < 1.29 is 10.2 Å². The van der Waals surface area contributed by atoms with Gasteiger partial charge in [0.1, 0.15) is 0 Å². The molecular weight excluding hydrogens is 112 g/mol. The molecule has 0 amide bonds. The van der Waals surface area contributed by atoms with Crippen LogP contribution in [0.3, 0.4) is 0 Å². The highest BCUT2D eigenvalue weighted by Crippen LogP contribution is 2.27. The standard InChI is InChI=1S/C4H4O2S/c5-3-1-2-4(6)7-3/h1-2,5-6H/i/hD2. The minimum atomic E-state index is 0.428. The first-order valence-corrected chi connectivity index (χ1v) is 2.54. The first kappa shape index (κ1) is 2.57. The predicted molar refractivity (Wildman–Crippen MR) is 27.6 cm³/mol. The summed E-state index contributed by atoms with van der Waals surface area (Å²) in [6.45, 7) is 0. The van der Waals surface area contributed by atoms with E-state index in [1.165, 1.54) is 0 Å². The molecule has 7 heavy (non-hydrogen) atoms. The van der Waals surface area contributed by atoms with Crippen LogP contribution in [0.1, 0.15) is 0 Å². The fourth-order valence-electron chi connectivity index (χ4n) is 0.303. The molecule has 1 aromatic heterocycles. The van der Waals surface area contributed by atoms with Gasteiger partial charge in [0, 0.05) is 0 Å². The molecular formula is C4H4O2S. The second-order valence-corrected chi connectivity index (χ2v) is 2.08. The van der Waals surface area contributed by atoms with E-state index in [0.717, 1.165) is 11.3 Å². The van der Waals surface area contributed by atoms with E-state index in [1.54, 1.807) is 12.1 Å². The Morgan fingerprint density at radius 1 is 1.43 bits per heavy atom. The molecule has 38 valence electrons. The Labute approximate surface area is 47.6 Å². The number of thiophene rings is 1. The van der Waals surface area contributed by atoms with E-state index >= 15 is 0 Å².